The summed E-state index contributed by atoms with van der Waals surface area (Å²) in [5.74, 6) is -0.822. The third kappa shape index (κ3) is 2.70. The molecule has 1 aliphatic rings. The second-order valence-corrected chi connectivity index (χ2v) is 5.23. The van der Waals surface area contributed by atoms with Crippen molar-refractivity contribution in [2.75, 3.05) is 5.32 Å². The van der Waals surface area contributed by atoms with Gasteiger partial charge in [0.1, 0.15) is 11.6 Å². The van der Waals surface area contributed by atoms with Crippen molar-refractivity contribution in [3.8, 4) is 6.07 Å². The predicted octanol–water partition coefficient (Wildman–Crippen LogP) is 3.07. The van der Waals surface area contributed by atoms with E-state index < -0.39 is 11.5 Å². The van der Waals surface area contributed by atoms with Crippen LogP contribution in [0.1, 0.15) is 43.2 Å². The first-order chi connectivity index (χ1) is 9.07. The zero-order valence-electron chi connectivity index (χ0n) is 11.1. The van der Waals surface area contributed by atoms with Gasteiger partial charge in [0, 0.05) is 0 Å². The van der Waals surface area contributed by atoms with Crippen LogP contribution in [0.2, 0.25) is 0 Å². The minimum Gasteiger partial charge on any atom is -0.480 e. The van der Waals surface area contributed by atoms with E-state index in [1.807, 2.05) is 19.1 Å². The number of hydrogen-bond acceptors (Lipinski definition) is 3. The largest absolute Gasteiger partial charge is 0.480 e. The van der Waals surface area contributed by atoms with Gasteiger partial charge in [-0.25, -0.2) is 4.79 Å². The Morgan fingerprint density at radius 1 is 1.37 bits per heavy atom. The number of aliphatic carboxylic acids is 1. The van der Waals surface area contributed by atoms with Crippen LogP contribution in [-0.4, -0.2) is 16.6 Å². The molecule has 1 aromatic rings. The molecular formula is C15H18N2O2. The molecule has 0 heterocycles. The third-order valence-corrected chi connectivity index (χ3v) is 3.79. The Morgan fingerprint density at radius 2 is 2.05 bits per heavy atom. The lowest BCUT2D eigenvalue weighted by atomic mass is 9.81. The van der Waals surface area contributed by atoms with E-state index in [9.17, 15) is 9.90 Å². The van der Waals surface area contributed by atoms with Crippen molar-refractivity contribution in [2.24, 2.45) is 0 Å². The number of carboxylic acids is 1. The Morgan fingerprint density at radius 3 is 2.63 bits per heavy atom. The summed E-state index contributed by atoms with van der Waals surface area (Å²) in [5.41, 5.74) is 1.22. The van der Waals surface area contributed by atoms with Gasteiger partial charge in [-0.1, -0.05) is 25.3 Å². The van der Waals surface area contributed by atoms with Gasteiger partial charge in [0.05, 0.1) is 11.3 Å². The average Bonchev–Trinajstić information content (AvgIpc) is 2.40. The van der Waals surface area contributed by atoms with E-state index in [1.165, 1.54) is 0 Å². The third-order valence-electron chi connectivity index (χ3n) is 3.79. The first-order valence-corrected chi connectivity index (χ1v) is 6.60. The molecular weight excluding hydrogens is 240 g/mol. The molecule has 1 aromatic carbocycles. The van der Waals surface area contributed by atoms with Gasteiger partial charge in [0.15, 0.2) is 0 Å². The van der Waals surface area contributed by atoms with Gasteiger partial charge in [0.2, 0.25) is 0 Å². The second-order valence-electron chi connectivity index (χ2n) is 5.23. The van der Waals surface area contributed by atoms with Crippen molar-refractivity contribution in [2.45, 2.75) is 44.6 Å². The lowest BCUT2D eigenvalue weighted by Crippen LogP contribution is -2.48. The van der Waals surface area contributed by atoms with Crippen molar-refractivity contribution in [3.05, 3.63) is 29.3 Å². The second kappa shape index (κ2) is 5.31. The molecule has 4 nitrogen and oxygen atoms in total. The van der Waals surface area contributed by atoms with Crippen molar-refractivity contribution < 1.29 is 9.90 Å². The Balaban J connectivity index is 2.34. The van der Waals surface area contributed by atoms with E-state index in [1.54, 1.807) is 6.07 Å². The van der Waals surface area contributed by atoms with Crippen LogP contribution in [0.3, 0.4) is 0 Å². The zero-order chi connectivity index (χ0) is 13.9. The lowest BCUT2D eigenvalue weighted by molar-refractivity contribution is -0.143. The highest BCUT2D eigenvalue weighted by Gasteiger charge is 2.39. The Labute approximate surface area is 113 Å². The number of anilines is 1. The van der Waals surface area contributed by atoms with Crippen LogP contribution >= 0.6 is 0 Å². The fraction of sp³-hybridized carbons (Fsp3) is 0.467. The SMILES string of the molecule is Cc1ccc(C#N)c(NC2(C(=O)O)CCCCC2)c1. The molecule has 0 aromatic heterocycles. The molecule has 0 saturated heterocycles. The van der Waals surface area contributed by atoms with Gasteiger partial charge < -0.3 is 10.4 Å². The van der Waals surface area contributed by atoms with Crippen molar-refractivity contribution >= 4 is 11.7 Å². The van der Waals surface area contributed by atoms with Gasteiger partial charge in [-0.2, -0.15) is 5.26 Å². The number of nitrogens with one attached hydrogen (secondary N) is 1. The molecule has 2 N–H and O–H groups in total. The molecule has 1 aliphatic carbocycles. The van der Waals surface area contributed by atoms with Crippen LogP contribution in [0.25, 0.3) is 0 Å². The van der Waals surface area contributed by atoms with Crippen molar-refractivity contribution in [1.29, 1.82) is 5.26 Å². The number of hydrogen-bond donors (Lipinski definition) is 2. The van der Waals surface area contributed by atoms with E-state index >= 15 is 0 Å². The fourth-order valence-corrected chi connectivity index (χ4v) is 2.66. The topological polar surface area (TPSA) is 73.1 Å². The summed E-state index contributed by atoms with van der Waals surface area (Å²) in [6.45, 7) is 1.93. The monoisotopic (exact) mass is 258 g/mol. The zero-order valence-corrected chi connectivity index (χ0v) is 11.1. The van der Waals surface area contributed by atoms with E-state index in [2.05, 4.69) is 11.4 Å². The van der Waals surface area contributed by atoms with Gasteiger partial charge in [-0.15, -0.1) is 0 Å². The number of rotatable bonds is 3. The Kier molecular flexibility index (Phi) is 3.75. The van der Waals surface area contributed by atoms with Crippen LogP contribution < -0.4 is 5.32 Å². The summed E-state index contributed by atoms with van der Waals surface area (Å²) in [6, 6.07) is 7.55. The van der Waals surface area contributed by atoms with E-state index in [0.29, 0.717) is 24.1 Å². The summed E-state index contributed by atoms with van der Waals surface area (Å²) >= 11 is 0. The van der Waals surface area contributed by atoms with Crippen LogP contribution in [0.15, 0.2) is 18.2 Å². The van der Waals surface area contributed by atoms with E-state index in [4.69, 9.17) is 5.26 Å². The number of nitriles is 1. The maximum Gasteiger partial charge on any atom is 0.329 e. The molecule has 2 rings (SSSR count). The smallest absolute Gasteiger partial charge is 0.329 e. The molecule has 0 aliphatic heterocycles. The first kappa shape index (κ1) is 13.4. The summed E-state index contributed by atoms with van der Waals surface area (Å²) in [5, 5.41) is 21.8. The highest BCUT2D eigenvalue weighted by atomic mass is 16.4. The van der Waals surface area contributed by atoms with Gasteiger partial charge in [0.25, 0.3) is 0 Å². The summed E-state index contributed by atoms with van der Waals surface area (Å²) in [7, 11) is 0. The number of nitrogens with zero attached hydrogens (tertiary/aromatic N) is 1. The first-order valence-electron chi connectivity index (χ1n) is 6.60. The molecule has 0 bridgehead atoms. The number of aryl methyl sites for hydroxylation is 1. The molecule has 4 heteroatoms. The normalized spacial score (nSPS) is 17.5. The standard InChI is InChI=1S/C15H18N2O2/c1-11-5-6-12(10-16)13(9-11)17-15(14(18)19)7-3-2-4-8-15/h5-6,9,17H,2-4,7-8H2,1H3,(H,18,19). The lowest BCUT2D eigenvalue weighted by Gasteiger charge is -2.35. The molecule has 0 spiro atoms. The molecule has 1 fully saturated rings. The Hall–Kier alpha value is -2.02. The van der Waals surface area contributed by atoms with Crippen molar-refractivity contribution in [3.63, 3.8) is 0 Å². The minimum atomic E-state index is -0.919. The molecule has 1 saturated carbocycles. The van der Waals surface area contributed by atoms with Crippen LogP contribution in [0, 0.1) is 18.3 Å². The molecule has 0 unspecified atom stereocenters. The van der Waals surface area contributed by atoms with Gasteiger partial charge in [-0.05, 0) is 37.5 Å². The van der Waals surface area contributed by atoms with Gasteiger partial charge in [-0.3, -0.25) is 0 Å². The minimum absolute atomic E-state index is 0.497. The molecule has 19 heavy (non-hydrogen) atoms. The molecule has 0 amide bonds. The number of carbonyl (C=O) groups is 1. The van der Waals surface area contributed by atoms with Crippen LogP contribution in [0.5, 0.6) is 0 Å². The fourth-order valence-electron chi connectivity index (χ4n) is 2.66. The van der Waals surface area contributed by atoms with Crippen molar-refractivity contribution in [1.82, 2.24) is 0 Å². The Bertz CT molecular complexity index is 525. The summed E-state index contributed by atoms with van der Waals surface area (Å²) in [6.07, 6.45) is 4.12. The highest BCUT2D eigenvalue weighted by molar-refractivity contribution is 5.83. The van der Waals surface area contributed by atoms with Crippen LogP contribution in [-0.2, 0) is 4.79 Å². The maximum atomic E-state index is 11.6. The van der Waals surface area contributed by atoms with E-state index in [0.717, 1.165) is 24.8 Å². The van der Waals surface area contributed by atoms with Gasteiger partial charge >= 0.3 is 5.97 Å². The average molecular weight is 258 g/mol. The predicted molar refractivity (Wildman–Crippen MR) is 73.0 cm³/mol. The molecule has 100 valence electrons. The number of benzene rings is 1. The number of carboxylic acid groups (broad SMARTS) is 1. The summed E-state index contributed by atoms with van der Waals surface area (Å²) < 4.78 is 0. The van der Waals surface area contributed by atoms with Crippen LogP contribution in [0.4, 0.5) is 5.69 Å². The quantitative estimate of drug-likeness (QED) is 0.873. The maximum absolute atomic E-state index is 11.6. The molecule has 0 atom stereocenters. The molecule has 0 radical (unpaired) electrons. The highest BCUT2D eigenvalue weighted by Crippen LogP contribution is 2.33. The van der Waals surface area contributed by atoms with E-state index in [-0.39, 0.29) is 0 Å². The summed E-state index contributed by atoms with van der Waals surface area (Å²) in [4.78, 5) is 11.6.